The highest BCUT2D eigenvalue weighted by Crippen LogP contribution is 2.10. The summed E-state index contributed by atoms with van der Waals surface area (Å²) < 4.78 is 0.983. The number of amides is 1. The van der Waals surface area contributed by atoms with Crippen LogP contribution in [-0.2, 0) is 11.2 Å². The van der Waals surface area contributed by atoms with Crippen LogP contribution in [0, 0.1) is 0 Å². The summed E-state index contributed by atoms with van der Waals surface area (Å²) in [5.74, 6) is -0.108. The number of halogens is 1. The highest BCUT2D eigenvalue weighted by atomic mass is 79.9. The van der Waals surface area contributed by atoms with Crippen LogP contribution in [0.1, 0.15) is 10.4 Å². The molecule has 1 amide bonds. The highest BCUT2D eigenvalue weighted by molar-refractivity contribution is 9.10. The smallest absolute Gasteiger partial charge is 0.245 e. The first-order chi connectivity index (χ1) is 8.74. The molecule has 0 unspecified atom stereocenters. The first kappa shape index (κ1) is 13.0. The van der Waals surface area contributed by atoms with E-state index >= 15 is 0 Å². The molecule has 1 aromatic carbocycles. The Morgan fingerprint density at radius 3 is 3.00 bits per heavy atom. The maximum atomic E-state index is 11.5. The summed E-state index contributed by atoms with van der Waals surface area (Å²) in [5.41, 5.74) is 3.44. The minimum atomic E-state index is -0.108. The molecule has 2 rings (SSSR count). The molecule has 0 fully saturated rings. The van der Waals surface area contributed by atoms with Gasteiger partial charge in [-0.25, -0.2) is 5.43 Å². The number of benzene rings is 1. The largest absolute Gasteiger partial charge is 0.273 e. The summed E-state index contributed by atoms with van der Waals surface area (Å²) in [5, 5.41) is 5.87. The number of hydrogen-bond donors (Lipinski definition) is 1. The quantitative estimate of drug-likeness (QED) is 0.681. The summed E-state index contributed by atoms with van der Waals surface area (Å²) in [6.07, 6.45) is 1.99. The molecule has 0 saturated heterocycles. The molecule has 1 N–H and O–H groups in total. The van der Waals surface area contributed by atoms with E-state index < -0.39 is 0 Å². The Morgan fingerprint density at radius 1 is 1.39 bits per heavy atom. The van der Waals surface area contributed by atoms with E-state index in [0.717, 1.165) is 14.9 Å². The Bertz CT molecular complexity index is 552. The van der Waals surface area contributed by atoms with Gasteiger partial charge in [0.2, 0.25) is 5.91 Å². The molecule has 0 aliphatic heterocycles. The summed E-state index contributed by atoms with van der Waals surface area (Å²) in [4.78, 5) is 12.6. The Labute approximate surface area is 118 Å². The molecule has 1 heterocycles. The van der Waals surface area contributed by atoms with Gasteiger partial charge in [0.1, 0.15) is 0 Å². The fraction of sp³-hybridized carbons (Fsp3) is 0.0769. The van der Waals surface area contributed by atoms with E-state index in [2.05, 4.69) is 26.5 Å². The molecular formula is C13H11BrN2OS. The molecule has 5 heteroatoms. The summed E-state index contributed by atoms with van der Waals surface area (Å²) in [6, 6.07) is 11.6. The zero-order valence-corrected chi connectivity index (χ0v) is 11.9. The predicted molar refractivity (Wildman–Crippen MR) is 77.9 cm³/mol. The molecular weight excluding hydrogens is 312 g/mol. The number of carbonyl (C=O) groups is 1. The van der Waals surface area contributed by atoms with Gasteiger partial charge < -0.3 is 0 Å². The van der Waals surface area contributed by atoms with Gasteiger partial charge in [-0.05, 0) is 29.1 Å². The molecule has 3 nitrogen and oxygen atoms in total. The SMILES string of the molecule is O=C(Cc1cccs1)N/N=C/c1cccc(Br)c1. The molecule has 2 aromatic rings. The van der Waals surface area contributed by atoms with E-state index in [1.807, 2.05) is 41.8 Å². The lowest BCUT2D eigenvalue weighted by atomic mass is 10.2. The number of hydrazone groups is 1. The number of carbonyl (C=O) groups excluding carboxylic acids is 1. The fourth-order valence-corrected chi connectivity index (χ4v) is 2.50. The normalized spacial score (nSPS) is 10.7. The summed E-state index contributed by atoms with van der Waals surface area (Å²) in [6.45, 7) is 0. The maximum Gasteiger partial charge on any atom is 0.245 e. The van der Waals surface area contributed by atoms with Gasteiger partial charge in [-0.1, -0.05) is 34.1 Å². The van der Waals surface area contributed by atoms with Gasteiger partial charge in [-0.3, -0.25) is 4.79 Å². The lowest BCUT2D eigenvalue weighted by Gasteiger charge is -1.97. The second-order valence-corrected chi connectivity index (χ2v) is 5.55. The van der Waals surface area contributed by atoms with Crippen LogP contribution >= 0.6 is 27.3 Å². The molecule has 0 atom stereocenters. The Hall–Kier alpha value is -1.46. The van der Waals surface area contributed by atoms with Crippen LogP contribution in [0.3, 0.4) is 0 Å². The monoisotopic (exact) mass is 322 g/mol. The highest BCUT2D eigenvalue weighted by Gasteiger charge is 2.01. The van der Waals surface area contributed by atoms with Crippen molar-refractivity contribution in [2.45, 2.75) is 6.42 Å². The van der Waals surface area contributed by atoms with Crippen LogP contribution in [-0.4, -0.2) is 12.1 Å². The second-order valence-electron chi connectivity index (χ2n) is 3.60. The van der Waals surface area contributed by atoms with Crippen LogP contribution in [0.25, 0.3) is 0 Å². The number of thiophene rings is 1. The van der Waals surface area contributed by atoms with Crippen molar-refractivity contribution in [2.75, 3.05) is 0 Å². The van der Waals surface area contributed by atoms with Gasteiger partial charge >= 0.3 is 0 Å². The van der Waals surface area contributed by atoms with Crippen LogP contribution in [0.4, 0.5) is 0 Å². The zero-order valence-electron chi connectivity index (χ0n) is 9.47. The molecule has 0 spiro atoms. The van der Waals surface area contributed by atoms with Gasteiger partial charge in [0.25, 0.3) is 0 Å². The molecule has 0 aliphatic carbocycles. The third-order valence-electron chi connectivity index (χ3n) is 2.17. The number of rotatable bonds is 4. The maximum absolute atomic E-state index is 11.5. The van der Waals surface area contributed by atoms with Gasteiger partial charge in [-0.15, -0.1) is 11.3 Å². The molecule has 1 aromatic heterocycles. The third kappa shape index (κ3) is 4.09. The number of nitrogens with one attached hydrogen (secondary N) is 1. The van der Waals surface area contributed by atoms with Crippen molar-refractivity contribution in [2.24, 2.45) is 5.10 Å². The Morgan fingerprint density at radius 2 is 2.28 bits per heavy atom. The van der Waals surface area contributed by atoms with Crippen molar-refractivity contribution >= 4 is 39.4 Å². The van der Waals surface area contributed by atoms with Crippen LogP contribution < -0.4 is 5.43 Å². The van der Waals surface area contributed by atoms with E-state index in [0.29, 0.717) is 6.42 Å². The topological polar surface area (TPSA) is 41.5 Å². The van der Waals surface area contributed by atoms with E-state index in [1.165, 1.54) is 0 Å². The first-order valence-electron chi connectivity index (χ1n) is 5.34. The van der Waals surface area contributed by atoms with Crippen molar-refractivity contribution in [1.82, 2.24) is 5.43 Å². The van der Waals surface area contributed by atoms with Gasteiger partial charge in [0.15, 0.2) is 0 Å². The number of hydrogen-bond acceptors (Lipinski definition) is 3. The van der Waals surface area contributed by atoms with E-state index in [-0.39, 0.29) is 5.91 Å². The van der Waals surface area contributed by atoms with Gasteiger partial charge in [0, 0.05) is 9.35 Å². The molecule has 0 saturated carbocycles. The van der Waals surface area contributed by atoms with Crippen molar-refractivity contribution in [1.29, 1.82) is 0 Å². The first-order valence-corrected chi connectivity index (χ1v) is 7.01. The molecule has 0 aliphatic rings. The lowest BCUT2D eigenvalue weighted by molar-refractivity contribution is -0.120. The standard InChI is InChI=1S/C13H11BrN2OS/c14-11-4-1-3-10(7-11)9-15-16-13(17)8-12-5-2-6-18-12/h1-7,9H,8H2,(H,16,17)/b15-9+. The van der Waals surface area contributed by atoms with Crippen molar-refractivity contribution in [3.8, 4) is 0 Å². The van der Waals surface area contributed by atoms with Crippen molar-refractivity contribution < 1.29 is 4.79 Å². The molecule has 18 heavy (non-hydrogen) atoms. The molecule has 92 valence electrons. The van der Waals surface area contributed by atoms with Crippen LogP contribution in [0.5, 0.6) is 0 Å². The zero-order chi connectivity index (χ0) is 12.8. The molecule has 0 bridgehead atoms. The van der Waals surface area contributed by atoms with E-state index in [1.54, 1.807) is 17.6 Å². The van der Waals surface area contributed by atoms with E-state index in [9.17, 15) is 4.79 Å². The minimum absolute atomic E-state index is 0.108. The van der Waals surface area contributed by atoms with Crippen molar-refractivity contribution in [3.05, 3.63) is 56.7 Å². The van der Waals surface area contributed by atoms with E-state index in [4.69, 9.17) is 0 Å². The second kappa shape index (κ2) is 6.47. The van der Waals surface area contributed by atoms with Gasteiger partial charge in [-0.2, -0.15) is 5.10 Å². The predicted octanol–water partition coefficient (Wildman–Crippen LogP) is 3.20. The average molecular weight is 323 g/mol. The summed E-state index contributed by atoms with van der Waals surface area (Å²) in [7, 11) is 0. The Balaban J connectivity index is 1.86. The lowest BCUT2D eigenvalue weighted by Crippen LogP contribution is -2.19. The molecule has 0 radical (unpaired) electrons. The van der Waals surface area contributed by atoms with Gasteiger partial charge in [0.05, 0.1) is 12.6 Å². The van der Waals surface area contributed by atoms with Crippen molar-refractivity contribution in [3.63, 3.8) is 0 Å². The average Bonchev–Trinajstić information content (AvgIpc) is 2.82. The minimum Gasteiger partial charge on any atom is -0.273 e. The van der Waals surface area contributed by atoms with Crippen LogP contribution in [0.15, 0.2) is 51.4 Å². The third-order valence-corrected chi connectivity index (χ3v) is 3.54. The summed E-state index contributed by atoms with van der Waals surface area (Å²) >= 11 is 4.94. The Kier molecular flexibility index (Phi) is 4.66. The fourth-order valence-electron chi connectivity index (χ4n) is 1.38. The number of nitrogens with zero attached hydrogens (tertiary/aromatic N) is 1. The van der Waals surface area contributed by atoms with Crippen LogP contribution in [0.2, 0.25) is 0 Å².